The molecule has 1 unspecified atom stereocenters. The van der Waals surface area contributed by atoms with E-state index in [0.717, 1.165) is 18.6 Å². The van der Waals surface area contributed by atoms with Crippen molar-refractivity contribution in [1.82, 2.24) is 4.90 Å². The summed E-state index contributed by atoms with van der Waals surface area (Å²) in [6, 6.07) is 3.68. The Morgan fingerprint density at radius 2 is 2.00 bits per heavy atom. The summed E-state index contributed by atoms with van der Waals surface area (Å²) in [4.78, 5) is 13.7. The number of benzene rings is 1. The summed E-state index contributed by atoms with van der Waals surface area (Å²) in [5.74, 6) is -2.05. The fourth-order valence-corrected chi connectivity index (χ4v) is 1.87. The van der Waals surface area contributed by atoms with E-state index < -0.39 is 23.2 Å². The molecule has 1 aromatic rings. The van der Waals surface area contributed by atoms with Gasteiger partial charge in [0.05, 0.1) is 5.70 Å². The van der Waals surface area contributed by atoms with Gasteiger partial charge < -0.3 is 10.2 Å². The van der Waals surface area contributed by atoms with Gasteiger partial charge in [-0.2, -0.15) is 0 Å². The van der Waals surface area contributed by atoms with Crippen LogP contribution < -0.4 is 5.32 Å². The summed E-state index contributed by atoms with van der Waals surface area (Å²) in [6.45, 7) is 1.97. The van der Waals surface area contributed by atoms with Gasteiger partial charge in [0.1, 0.15) is 17.3 Å². The molecule has 1 atom stereocenters. The number of para-hydroxylation sites is 1. The standard InChI is InChI=1S/C13H14F2N2O/c1-8-6-7-11(17(8)2)13(18)16-12-9(14)4-3-5-10(12)15/h3-5,7-8H,6H2,1-2H3,(H,16,18). The van der Waals surface area contributed by atoms with Crippen LogP contribution >= 0.6 is 0 Å². The van der Waals surface area contributed by atoms with Gasteiger partial charge in [-0.3, -0.25) is 4.79 Å². The minimum atomic E-state index is -0.780. The van der Waals surface area contributed by atoms with Crippen molar-refractivity contribution in [1.29, 1.82) is 0 Å². The molecular weight excluding hydrogens is 238 g/mol. The summed E-state index contributed by atoms with van der Waals surface area (Å²) in [7, 11) is 1.78. The third-order valence-corrected chi connectivity index (χ3v) is 3.13. The molecule has 1 N–H and O–H groups in total. The number of hydrogen-bond acceptors (Lipinski definition) is 2. The molecule has 0 aliphatic carbocycles. The Kier molecular flexibility index (Phi) is 3.32. The number of carbonyl (C=O) groups is 1. The van der Waals surface area contributed by atoms with Crippen LogP contribution in [0.25, 0.3) is 0 Å². The number of halogens is 2. The summed E-state index contributed by atoms with van der Waals surface area (Å²) >= 11 is 0. The SMILES string of the molecule is CC1CC=C(C(=O)Nc2c(F)cccc2F)N1C. The number of nitrogens with one attached hydrogen (secondary N) is 1. The highest BCUT2D eigenvalue weighted by Crippen LogP contribution is 2.23. The topological polar surface area (TPSA) is 32.3 Å². The minimum absolute atomic E-state index is 0.219. The van der Waals surface area contributed by atoms with Gasteiger partial charge >= 0.3 is 0 Å². The molecule has 0 fully saturated rings. The Bertz CT molecular complexity index is 493. The van der Waals surface area contributed by atoms with E-state index in [1.54, 1.807) is 18.0 Å². The van der Waals surface area contributed by atoms with E-state index in [-0.39, 0.29) is 6.04 Å². The van der Waals surface area contributed by atoms with Crippen LogP contribution in [0.15, 0.2) is 30.0 Å². The number of rotatable bonds is 2. The Hall–Kier alpha value is -1.91. The third kappa shape index (κ3) is 2.20. The lowest BCUT2D eigenvalue weighted by molar-refractivity contribution is -0.114. The molecule has 1 heterocycles. The predicted molar refractivity (Wildman–Crippen MR) is 64.9 cm³/mol. The van der Waals surface area contributed by atoms with E-state index in [1.165, 1.54) is 6.07 Å². The molecule has 96 valence electrons. The summed E-state index contributed by atoms with van der Waals surface area (Å²) in [6.07, 6.45) is 2.51. The number of hydrogen-bond donors (Lipinski definition) is 1. The van der Waals surface area contributed by atoms with E-state index >= 15 is 0 Å². The molecule has 0 bridgehead atoms. The van der Waals surface area contributed by atoms with Crippen molar-refractivity contribution in [2.75, 3.05) is 12.4 Å². The molecule has 3 nitrogen and oxygen atoms in total. The van der Waals surface area contributed by atoms with Crippen molar-refractivity contribution in [2.24, 2.45) is 0 Å². The van der Waals surface area contributed by atoms with Crippen LogP contribution in [0.3, 0.4) is 0 Å². The summed E-state index contributed by atoms with van der Waals surface area (Å²) in [5.41, 5.74) is 0.0292. The third-order valence-electron chi connectivity index (χ3n) is 3.13. The molecule has 0 saturated carbocycles. The van der Waals surface area contributed by atoms with Gasteiger partial charge in [0.25, 0.3) is 5.91 Å². The molecule has 0 radical (unpaired) electrons. The highest BCUT2D eigenvalue weighted by molar-refractivity contribution is 6.03. The van der Waals surface area contributed by atoms with E-state index in [0.29, 0.717) is 5.70 Å². The first kappa shape index (κ1) is 12.5. The largest absolute Gasteiger partial charge is 0.367 e. The van der Waals surface area contributed by atoms with Gasteiger partial charge in [-0.15, -0.1) is 0 Å². The van der Waals surface area contributed by atoms with Gasteiger partial charge in [-0.05, 0) is 25.5 Å². The lowest BCUT2D eigenvalue weighted by Gasteiger charge is -2.21. The maximum atomic E-state index is 13.4. The van der Waals surface area contributed by atoms with Gasteiger partial charge in [0.2, 0.25) is 0 Å². The monoisotopic (exact) mass is 252 g/mol. The fourth-order valence-electron chi connectivity index (χ4n) is 1.87. The molecule has 1 aromatic carbocycles. The van der Waals surface area contributed by atoms with Crippen LogP contribution in [-0.4, -0.2) is 23.9 Å². The highest BCUT2D eigenvalue weighted by atomic mass is 19.1. The smallest absolute Gasteiger partial charge is 0.271 e. The van der Waals surface area contributed by atoms with Crippen LogP contribution in [0.5, 0.6) is 0 Å². The van der Waals surface area contributed by atoms with Crippen LogP contribution in [0.1, 0.15) is 13.3 Å². The number of likely N-dealkylation sites (N-methyl/N-ethyl adjacent to an activating group) is 1. The maximum absolute atomic E-state index is 13.4. The highest BCUT2D eigenvalue weighted by Gasteiger charge is 2.25. The molecule has 0 spiro atoms. The van der Waals surface area contributed by atoms with Gasteiger partial charge in [-0.25, -0.2) is 8.78 Å². The van der Waals surface area contributed by atoms with E-state index in [9.17, 15) is 13.6 Å². The lowest BCUT2D eigenvalue weighted by atomic mass is 10.2. The zero-order valence-electron chi connectivity index (χ0n) is 10.2. The van der Waals surface area contributed by atoms with Crippen LogP contribution in [0.2, 0.25) is 0 Å². The maximum Gasteiger partial charge on any atom is 0.271 e. The summed E-state index contributed by atoms with van der Waals surface area (Å²) in [5, 5.41) is 2.27. The molecule has 18 heavy (non-hydrogen) atoms. The minimum Gasteiger partial charge on any atom is -0.367 e. The van der Waals surface area contributed by atoms with Crippen molar-refractivity contribution in [3.05, 3.63) is 41.6 Å². The second-order valence-electron chi connectivity index (χ2n) is 4.34. The second kappa shape index (κ2) is 4.76. The molecule has 2 rings (SSSR count). The van der Waals surface area contributed by atoms with Crippen LogP contribution in [0.4, 0.5) is 14.5 Å². The molecule has 1 aliphatic heterocycles. The number of carbonyl (C=O) groups excluding carboxylic acids is 1. The van der Waals surface area contributed by atoms with Crippen molar-refractivity contribution in [2.45, 2.75) is 19.4 Å². The van der Waals surface area contributed by atoms with Crippen molar-refractivity contribution >= 4 is 11.6 Å². The first-order chi connectivity index (χ1) is 8.50. The van der Waals surface area contributed by atoms with Crippen molar-refractivity contribution in [3.63, 3.8) is 0 Å². The first-order valence-corrected chi connectivity index (χ1v) is 5.69. The zero-order chi connectivity index (χ0) is 13.3. The number of nitrogens with zero attached hydrogens (tertiary/aromatic N) is 1. The predicted octanol–water partition coefficient (Wildman–Crippen LogP) is 2.51. The van der Waals surface area contributed by atoms with Gasteiger partial charge in [0.15, 0.2) is 0 Å². The summed E-state index contributed by atoms with van der Waals surface area (Å²) < 4.78 is 26.8. The fraction of sp³-hybridized carbons (Fsp3) is 0.308. The normalized spacial score (nSPS) is 18.8. The average molecular weight is 252 g/mol. The Morgan fingerprint density at radius 1 is 1.39 bits per heavy atom. The Morgan fingerprint density at radius 3 is 2.50 bits per heavy atom. The molecule has 0 saturated heterocycles. The Labute approximate surface area is 104 Å². The van der Waals surface area contributed by atoms with E-state index in [4.69, 9.17) is 0 Å². The number of anilines is 1. The van der Waals surface area contributed by atoms with Crippen LogP contribution in [0, 0.1) is 11.6 Å². The van der Waals surface area contributed by atoms with Gasteiger partial charge in [-0.1, -0.05) is 12.1 Å². The molecule has 1 aliphatic rings. The van der Waals surface area contributed by atoms with E-state index in [1.807, 2.05) is 6.92 Å². The van der Waals surface area contributed by atoms with Crippen LogP contribution in [-0.2, 0) is 4.79 Å². The Balaban J connectivity index is 2.18. The van der Waals surface area contributed by atoms with Crippen molar-refractivity contribution in [3.8, 4) is 0 Å². The van der Waals surface area contributed by atoms with Crippen molar-refractivity contribution < 1.29 is 13.6 Å². The first-order valence-electron chi connectivity index (χ1n) is 5.69. The molecule has 1 amide bonds. The second-order valence-corrected chi connectivity index (χ2v) is 4.34. The van der Waals surface area contributed by atoms with E-state index in [2.05, 4.69) is 5.32 Å². The molecule has 5 heteroatoms. The quantitative estimate of drug-likeness (QED) is 0.877. The molecular formula is C13H14F2N2O. The van der Waals surface area contributed by atoms with Gasteiger partial charge in [0, 0.05) is 13.1 Å². The zero-order valence-corrected chi connectivity index (χ0v) is 10.2. The number of amides is 1. The molecule has 0 aromatic heterocycles. The lowest BCUT2D eigenvalue weighted by Crippen LogP contribution is -2.30. The average Bonchev–Trinajstić information content (AvgIpc) is 2.65.